The zero-order valence-corrected chi connectivity index (χ0v) is 26.2. The van der Waals surface area contributed by atoms with E-state index in [4.69, 9.17) is 19.2 Å². The van der Waals surface area contributed by atoms with Crippen LogP contribution in [0, 0.1) is 0 Å². The van der Waals surface area contributed by atoms with Crippen molar-refractivity contribution < 1.29 is 19.0 Å². The predicted octanol–water partition coefficient (Wildman–Crippen LogP) is 4.54. The maximum absolute atomic E-state index is 14.2. The smallest absolute Gasteiger partial charge is 0.338 e. The summed E-state index contributed by atoms with van der Waals surface area (Å²) in [6.07, 6.45) is 1.87. The summed E-state index contributed by atoms with van der Waals surface area (Å²) in [5.41, 5.74) is 3.91. The molecule has 0 amide bonds. The number of methoxy groups -OCH3 is 1. The SMILES string of the molecule is CCOC(=O)C1=C(c2ccccc2)N=c2s/c(=C\c3ccc(N4CCOCC4)cc3)c(=O)n2[C@@H]1c1cc(Br)ccc1OC. The lowest BCUT2D eigenvalue weighted by molar-refractivity contribution is -0.138. The van der Waals surface area contributed by atoms with Gasteiger partial charge in [-0.15, -0.1) is 0 Å². The van der Waals surface area contributed by atoms with Crippen LogP contribution in [0.3, 0.4) is 0 Å². The summed E-state index contributed by atoms with van der Waals surface area (Å²) >= 11 is 4.86. The minimum absolute atomic E-state index is 0.178. The van der Waals surface area contributed by atoms with Gasteiger partial charge in [0, 0.05) is 34.4 Å². The Kier molecular flexibility index (Phi) is 8.60. The molecule has 1 saturated heterocycles. The highest BCUT2D eigenvalue weighted by molar-refractivity contribution is 9.10. The third-order valence-corrected chi connectivity index (χ3v) is 8.90. The van der Waals surface area contributed by atoms with Crippen molar-refractivity contribution in [2.45, 2.75) is 13.0 Å². The number of benzene rings is 3. The second-order valence-corrected chi connectivity index (χ2v) is 11.9. The van der Waals surface area contributed by atoms with Crippen molar-refractivity contribution in [2.24, 2.45) is 4.99 Å². The monoisotopic (exact) mass is 659 g/mol. The zero-order valence-electron chi connectivity index (χ0n) is 23.8. The average molecular weight is 661 g/mol. The summed E-state index contributed by atoms with van der Waals surface area (Å²) in [7, 11) is 1.57. The van der Waals surface area contributed by atoms with Crippen molar-refractivity contribution in [1.82, 2.24) is 4.57 Å². The molecule has 1 fully saturated rings. The number of carbonyl (C=O) groups is 1. The molecule has 0 unspecified atom stereocenters. The molecule has 2 aliphatic rings. The quantitative estimate of drug-likeness (QED) is 0.271. The molecule has 2 aliphatic heterocycles. The molecule has 10 heteroatoms. The Bertz CT molecular complexity index is 1860. The lowest BCUT2D eigenvalue weighted by Crippen LogP contribution is -2.40. The summed E-state index contributed by atoms with van der Waals surface area (Å²) in [5, 5.41) is 0. The molecule has 0 saturated carbocycles. The van der Waals surface area contributed by atoms with Crippen molar-refractivity contribution in [2.75, 3.05) is 44.9 Å². The van der Waals surface area contributed by atoms with Gasteiger partial charge in [0.1, 0.15) is 11.8 Å². The standard InChI is InChI=1S/C33H30BrN3O5S/c1-3-42-32(39)28-29(22-7-5-4-6-8-22)35-33-37(30(28)25-20-23(34)11-14-26(25)40-2)31(38)27(43-33)19-21-9-12-24(13-10-21)36-15-17-41-18-16-36/h4-14,19-20,30H,3,15-18H2,1-2H3/b27-19-/t30-/m1/s1. The second-order valence-electron chi connectivity index (χ2n) is 10.0. The molecule has 1 aromatic heterocycles. The van der Waals surface area contributed by atoms with E-state index in [-0.39, 0.29) is 17.7 Å². The molecular weight excluding hydrogens is 630 g/mol. The van der Waals surface area contributed by atoms with E-state index in [1.165, 1.54) is 11.3 Å². The number of hydrogen-bond acceptors (Lipinski definition) is 8. The van der Waals surface area contributed by atoms with Gasteiger partial charge in [0.2, 0.25) is 0 Å². The number of rotatable bonds is 7. The highest BCUT2D eigenvalue weighted by Gasteiger charge is 2.36. The maximum Gasteiger partial charge on any atom is 0.338 e. The fourth-order valence-electron chi connectivity index (χ4n) is 5.41. The van der Waals surface area contributed by atoms with Crippen molar-refractivity contribution in [3.05, 3.63) is 119 Å². The molecular formula is C33H30BrN3O5S. The van der Waals surface area contributed by atoms with Crippen LogP contribution in [0.15, 0.2) is 92.6 Å². The van der Waals surface area contributed by atoms with Crippen LogP contribution in [0.1, 0.15) is 29.7 Å². The third-order valence-electron chi connectivity index (χ3n) is 7.43. The Labute approximate surface area is 261 Å². The first-order valence-corrected chi connectivity index (χ1v) is 15.6. The first-order valence-electron chi connectivity index (χ1n) is 14.0. The van der Waals surface area contributed by atoms with E-state index < -0.39 is 12.0 Å². The van der Waals surface area contributed by atoms with Gasteiger partial charge in [-0.05, 0) is 48.9 Å². The van der Waals surface area contributed by atoms with E-state index in [2.05, 4.69) is 33.0 Å². The van der Waals surface area contributed by atoms with Gasteiger partial charge in [-0.2, -0.15) is 0 Å². The van der Waals surface area contributed by atoms with Gasteiger partial charge < -0.3 is 19.1 Å². The number of halogens is 1. The summed E-state index contributed by atoms with van der Waals surface area (Å²) in [4.78, 5) is 35.6. The minimum atomic E-state index is -0.830. The topological polar surface area (TPSA) is 82.4 Å². The summed E-state index contributed by atoms with van der Waals surface area (Å²) < 4.78 is 19.7. The van der Waals surface area contributed by atoms with Crippen molar-refractivity contribution in [1.29, 1.82) is 0 Å². The van der Waals surface area contributed by atoms with E-state index in [1.807, 2.05) is 66.7 Å². The highest BCUT2D eigenvalue weighted by Crippen LogP contribution is 2.39. The van der Waals surface area contributed by atoms with Crippen LogP contribution in [0.25, 0.3) is 11.8 Å². The van der Waals surface area contributed by atoms with Crippen molar-refractivity contribution in [3.63, 3.8) is 0 Å². The first kappa shape index (κ1) is 29.1. The number of carbonyl (C=O) groups excluding carboxylic acids is 1. The van der Waals surface area contributed by atoms with E-state index in [0.717, 1.165) is 34.4 Å². The normalized spacial score (nSPS) is 17.0. The summed E-state index contributed by atoms with van der Waals surface area (Å²) in [6, 6.07) is 22.4. The van der Waals surface area contributed by atoms with E-state index >= 15 is 0 Å². The average Bonchev–Trinajstić information content (AvgIpc) is 3.35. The molecule has 3 heterocycles. The molecule has 0 aliphatic carbocycles. The lowest BCUT2D eigenvalue weighted by Gasteiger charge is -2.28. The van der Waals surface area contributed by atoms with Crippen LogP contribution in [0.5, 0.6) is 5.75 Å². The number of fused-ring (bicyclic) bond motifs is 1. The summed E-state index contributed by atoms with van der Waals surface area (Å²) in [6.45, 7) is 5.07. The second kappa shape index (κ2) is 12.7. The van der Waals surface area contributed by atoms with Crippen LogP contribution in [0.4, 0.5) is 5.69 Å². The minimum Gasteiger partial charge on any atom is -0.496 e. The largest absolute Gasteiger partial charge is 0.496 e. The molecule has 4 aromatic rings. The first-order chi connectivity index (χ1) is 21.0. The molecule has 220 valence electrons. The van der Waals surface area contributed by atoms with Crippen molar-refractivity contribution in [3.8, 4) is 5.75 Å². The van der Waals surface area contributed by atoms with Gasteiger partial charge in [0.15, 0.2) is 4.80 Å². The number of nitrogens with zero attached hydrogens (tertiary/aromatic N) is 3. The predicted molar refractivity (Wildman–Crippen MR) is 171 cm³/mol. The number of esters is 1. The van der Waals surface area contributed by atoms with E-state index in [0.29, 0.717) is 39.6 Å². The number of anilines is 1. The van der Waals surface area contributed by atoms with Crippen LogP contribution in [0.2, 0.25) is 0 Å². The Morgan fingerprint density at radius 1 is 1.09 bits per heavy atom. The highest BCUT2D eigenvalue weighted by atomic mass is 79.9. The summed E-state index contributed by atoms with van der Waals surface area (Å²) in [5.74, 6) is 0.00250. The maximum atomic E-state index is 14.2. The van der Waals surface area contributed by atoms with E-state index in [1.54, 1.807) is 18.6 Å². The number of hydrogen-bond donors (Lipinski definition) is 0. The molecule has 8 nitrogen and oxygen atoms in total. The Balaban J connectivity index is 1.56. The number of thiazole rings is 1. The van der Waals surface area contributed by atoms with Crippen molar-refractivity contribution >= 4 is 50.7 Å². The molecule has 0 spiro atoms. The molecule has 6 rings (SSSR count). The zero-order chi connectivity index (χ0) is 29.9. The van der Waals surface area contributed by atoms with Gasteiger partial charge in [0.05, 0.1) is 42.7 Å². The van der Waals surface area contributed by atoms with Gasteiger partial charge in [0.25, 0.3) is 5.56 Å². The van der Waals surface area contributed by atoms with Crippen LogP contribution >= 0.6 is 27.3 Å². The van der Waals surface area contributed by atoms with Crippen LogP contribution in [-0.4, -0.2) is 50.6 Å². The van der Waals surface area contributed by atoms with Gasteiger partial charge in [-0.25, -0.2) is 9.79 Å². The molecule has 0 N–H and O–H groups in total. The van der Waals surface area contributed by atoms with Gasteiger partial charge in [-0.3, -0.25) is 9.36 Å². The number of ether oxygens (including phenoxy) is 3. The van der Waals surface area contributed by atoms with Crippen LogP contribution in [-0.2, 0) is 14.3 Å². The third kappa shape index (κ3) is 5.82. The Morgan fingerprint density at radius 3 is 2.53 bits per heavy atom. The molecule has 0 radical (unpaired) electrons. The molecule has 1 atom stereocenters. The lowest BCUT2D eigenvalue weighted by atomic mass is 9.92. The fourth-order valence-corrected chi connectivity index (χ4v) is 6.79. The molecule has 43 heavy (non-hydrogen) atoms. The van der Waals surface area contributed by atoms with Gasteiger partial charge >= 0.3 is 5.97 Å². The molecule has 3 aromatic carbocycles. The van der Waals surface area contributed by atoms with Gasteiger partial charge in [-0.1, -0.05) is 69.7 Å². The Morgan fingerprint density at radius 2 is 1.84 bits per heavy atom. The molecule has 0 bridgehead atoms. The van der Waals surface area contributed by atoms with E-state index in [9.17, 15) is 9.59 Å². The number of morpholine rings is 1. The fraction of sp³-hybridized carbons (Fsp3) is 0.242. The Hall–Kier alpha value is -3.99. The number of aromatic nitrogens is 1. The van der Waals surface area contributed by atoms with Crippen LogP contribution < -0.4 is 24.5 Å².